The van der Waals surface area contributed by atoms with Crippen molar-refractivity contribution in [3.8, 4) is 0 Å². The third-order valence-electron chi connectivity index (χ3n) is 3.30. The van der Waals surface area contributed by atoms with Crippen molar-refractivity contribution >= 4 is 21.8 Å². The molecule has 1 unspecified atom stereocenters. The molecule has 0 saturated carbocycles. The van der Waals surface area contributed by atoms with Gasteiger partial charge in [-0.15, -0.1) is 5.10 Å². The normalized spacial score (nSPS) is 19.2. The molecule has 3 rings (SSSR count). The molecular weight excluding hydrogens is 330 g/mol. The van der Waals surface area contributed by atoms with Gasteiger partial charge in [-0.1, -0.05) is 0 Å². The lowest BCUT2D eigenvalue weighted by atomic mass is 9.98. The molecule has 1 saturated heterocycles. The van der Waals surface area contributed by atoms with E-state index in [0.29, 0.717) is 29.4 Å². The fraction of sp³-hybridized carbons (Fsp3) is 0.417. The number of carbonyl (C=O) groups is 1. The van der Waals surface area contributed by atoms with Crippen molar-refractivity contribution in [3.05, 3.63) is 39.0 Å². The van der Waals surface area contributed by atoms with E-state index in [0.717, 1.165) is 12.8 Å². The Hall–Kier alpha value is -1.83. The number of piperidine rings is 1. The molecule has 7 nitrogen and oxygen atoms in total. The van der Waals surface area contributed by atoms with Crippen molar-refractivity contribution in [3.63, 3.8) is 0 Å². The largest absolute Gasteiger partial charge is 0.444 e. The molecule has 1 N–H and O–H groups in total. The van der Waals surface area contributed by atoms with Gasteiger partial charge >= 0.3 is 5.76 Å². The molecule has 1 amide bonds. The van der Waals surface area contributed by atoms with Gasteiger partial charge < -0.3 is 13.7 Å². The third-order valence-corrected chi connectivity index (χ3v) is 3.72. The molecule has 2 aromatic heterocycles. The number of nitrogens with one attached hydrogen (secondary N) is 1. The van der Waals surface area contributed by atoms with Crippen molar-refractivity contribution in [2.45, 2.75) is 18.8 Å². The fourth-order valence-corrected chi connectivity index (χ4v) is 2.67. The highest BCUT2D eigenvalue weighted by molar-refractivity contribution is 9.10. The number of aromatic nitrogens is 2. The maximum Gasteiger partial charge on any atom is 0.434 e. The highest BCUT2D eigenvalue weighted by Crippen LogP contribution is 2.26. The number of aromatic amines is 1. The van der Waals surface area contributed by atoms with Gasteiger partial charge in [0.1, 0.15) is 0 Å². The van der Waals surface area contributed by atoms with Crippen molar-refractivity contribution < 1.29 is 13.6 Å². The number of halogens is 1. The van der Waals surface area contributed by atoms with Crippen molar-refractivity contribution in [2.75, 3.05) is 13.1 Å². The number of furan rings is 1. The highest BCUT2D eigenvalue weighted by Gasteiger charge is 2.29. The number of amides is 1. The van der Waals surface area contributed by atoms with Crippen LogP contribution in [-0.4, -0.2) is 34.1 Å². The minimum absolute atomic E-state index is 0.0648. The van der Waals surface area contributed by atoms with Crippen LogP contribution in [0, 0.1) is 0 Å². The highest BCUT2D eigenvalue weighted by atomic mass is 79.9. The van der Waals surface area contributed by atoms with Crippen molar-refractivity contribution in [2.24, 2.45) is 0 Å². The van der Waals surface area contributed by atoms with Crippen LogP contribution in [0.2, 0.25) is 0 Å². The van der Waals surface area contributed by atoms with Crippen LogP contribution in [0.15, 0.2) is 30.4 Å². The summed E-state index contributed by atoms with van der Waals surface area (Å²) in [5, 5.41) is 6.08. The van der Waals surface area contributed by atoms with E-state index < -0.39 is 5.76 Å². The summed E-state index contributed by atoms with van der Waals surface area (Å²) < 4.78 is 10.8. The maximum absolute atomic E-state index is 12.3. The molecule has 0 spiro atoms. The molecular formula is C12H12BrN3O4. The third kappa shape index (κ3) is 2.55. The van der Waals surface area contributed by atoms with Gasteiger partial charge in [-0.2, -0.15) is 0 Å². The first-order chi connectivity index (χ1) is 9.63. The zero-order valence-corrected chi connectivity index (χ0v) is 12.1. The summed E-state index contributed by atoms with van der Waals surface area (Å²) in [5.74, 6) is -0.157. The summed E-state index contributed by atoms with van der Waals surface area (Å²) in [6.45, 7) is 1.12. The summed E-state index contributed by atoms with van der Waals surface area (Å²) in [6.07, 6.45) is 1.66. The van der Waals surface area contributed by atoms with Crippen molar-refractivity contribution in [1.29, 1.82) is 0 Å². The average Bonchev–Trinajstić information content (AvgIpc) is 3.07. The van der Waals surface area contributed by atoms with E-state index in [1.54, 1.807) is 17.0 Å². The van der Waals surface area contributed by atoms with Gasteiger partial charge in [0.15, 0.2) is 10.4 Å². The molecule has 1 aliphatic heterocycles. The molecule has 1 aliphatic rings. The predicted molar refractivity (Wildman–Crippen MR) is 71.4 cm³/mol. The maximum atomic E-state index is 12.3. The molecule has 8 heteroatoms. The molecule has 106 valence electrons. The minimum Gasteiger partial charge on any atom is -0.444 e. The van der Waals surface area contributed by atoms with Crippen LogP contribution in [0.4, 0.5) is 0 Å². The standard InChI is InChI=1S/C12H12BrN3O4/c13-9-4-3-8(19-9)11(17)16-5-1-2-7(6-16)10-14-15-12(18)20-10/h3-4,7H,1-2,5-6H2,(H,15,18). The second-order valence-electron chi connectivity index (χ2n) is 4.65. The van der Waals surface area contributed by atoms with E-state index in [1.807, 2.05) is 0 Å². The smallest absolute Gasteiger partial charge is 0.434 e. The van der Waals surface area contributed by atoms with Crippen LogP contribution in [0.3, 0.4) is 0 Å². The van der Waals surface area contributed by atoms with Crippen LogP contribution in [0.25, 0.3) is 0 Å². The van der Waals surface area contributed by atoms with Gasteiger partial charge in [-0.25, -0.2) is 9.89 Å². The SMILES string of the molecule is O=C(c1ccc(Br)o1)N1CCCC(c2n[nH]c(=O)o2)C1. The average molecular weight is 342 g/mol. The molecule has 0 radical (unpaired) electrons. The molecule has 3 heterocycles. The Morgan fingerprint density at radius 2 is 2.30 bits per heavy atom. The van der Waals surface area contributed by atoms with Gasteiger partial charge in [-0.05, 0) is 40.9 Å². The minimum atomic E-state index is -0.571. The van der Waals surface area contributed by atoms with E-state index in [1.165, 1.54) is 0 Å². The Balaban J connectivity index is 1.75. The molecule has 2 aromatic rings. The lowest BCUT2D eigenvalue weighted by Gasteiger charge is -2.30. The second kappa shape index (κ2) is 5.28. The molecule has 20 heavy (non-hydrogen) atoms. The molecule has 0 aromatic carbocycles. The number of H-pyrrole nitrogens is 1. The Labute approximate surface area is 122 Å². The van der Waals surface area contributed by atoms with Gasteiger partial charge in [0.05, 0.1) is 5.92 Å². The number of hydrogen-bond acceptors (Lipinski definition) is 5. The summed E-state index contributed by atoms with van der Waals surface area (Å²) in [5.41, 5.74) is 0. The van der Waals surface area contributed by atoms with E-state index in [4.69, 9.17) is 8.83 Å². The summed E-state index contributed by atoms with van der Waals surface area (Å²) in [4.78, 5) is 25.0. The first-order valence-corrected chi connectivity index (χ1v) is 7.03. The Kier molecular flexibility index (Phi) is 3.47. The molecule has 1 fully saturated rings. The zero-order valence-electron chi connectivity index (χ0n) is 10.5. The first-order valence-electron chi connectivity index (χ1n) is 6.23. The van der Waals surface area contributed by atoms with Gasteiger partial charge in [-0.3, -0.25) is 4.79 Å². The number of rotatable bonds is 2. The Bertz CT molecular complexity index is 674. The number of hydrogen-bond donors (Lipinski definition) is 1. The van der Waals surface area contributed by atoms with Crippen LogP contribution in [0.5, 0.6) is 0 Å². The predicted octanol–water partition coefficient (Wildman–Crippen LogP) is 1.74. The van der Waals surface area contributed by atoms with E-state index >= 15 is 0 Å². The second-order valence-corrected chi connectivity index (χ2v) is 5.43. The quantitative estimate of drug-likeness (QED) is 0.897. The molecule has 0 aliphatic carbocycles. The van der Waals surface area contributed by atoms with Crippen molar-refractivity contribution in [1.82, 2.24) is 15.1 Å². The van der Waals surface area contributed by atoms with Crippen LogP contribution < -0.4 is 5.76 Å². The Morgan fingerprint density at radius 1 is 1.45 bits per heavy atom. The van der Waals surface area contributed by atoms with Crippen LogP contribution in [-0.2, 0) is 0 Å². The van der Waals surface area contributed by atoms with Gasteiger partial charge in [0.25, 0.3) is 5.91 Å². The summed E-state index contributed by atoms with van der Waals surface area (Å²) in [6, 6.07) is 3.31. The Morgan fingerprint density at radius 3 is 2.95 bits per heavy atom. The molecule has 0 bridgehead atoms. The number of likely N-dealkylation sites (tertiary alicyclic amines) is 1. The first kappa shape index (κ1) is 13.2. The lowest BCUT2D eigenvalue weighted by molar-refractivity contribution is 0.0664. The topological polar surface area (TPSA) is 92.3 Å². The number of carbonyl (C=O) groups excluding carboxylic acids is 1. The summed E-state index contributed by atoms with van der Waals surface area (Å²) in [7, 11) is 0. The van der Waals surface area contributed by atoms with Crippen LogP contribution >= 0.6 is 15.9 Å². The zero-order chi connectivity index (χ0) is 14.1. The van der Waals surface area contributed by atoms with E-state index in [-0.39, 0.29) is 11.8 Å². The van der Waals surface area contributed by atoms with E-state index in [9.17, 15) is 9.59 Å². The number of nitrogens with zero attached hydrogens (tertiary/aromatic N) is 2. The molecule has 1 atom stereocenters. The van der Waals surface area contributed by atoms with Gasteiger partial charge in [0, 0.05) is 13.1 Å². The monoisotopic (exact) mass is 341 g/mol. The summed E-state index contributed by atoms with van der Waals surface area (Å²) >= 11 is 3.17. The van der Waals surface area contributed by atoms with E-state index in [2.05, 4.69) is 26.1 Å². The fourth-order valence-electron chi connectivity index (χ4n) is 2.36. The van der Waals surface area contributed by atoms with Gasteiger partial charge in [0.2, 0.25) is 5.89 Å². The van der Waals surface area contributed by atoms with Crippen LogP contribution in [0.1, 0.15) is 35.2 Å². The lowest BCUT2D eigenvalue weighted by Crippen LogP contribution is -2.39.